The van der Waals surface area contributed by atoms with Crippen LogP contribution in [-0.2, 0) is 11.2 Å². The second-order valence-electron chi connectivity index (χ2n) is 6.69. The molecule has 1 fully saturated rings. The van der Waals surface area contributed by atoms with Crippen LogP contribution in [0.1, 0.15) is 12.0 Å². The number of nitrogens with one attached hydrogen (secondary N) is 1. The van der Waals surface area contributed by atoms with E-state index in [-0.39, 0.29) is 30.5 Å². The summed E-state index contributed by atoms with van der Waals surface area (Å²) in [6.45, 7) is -0.436. The van der Waals surface area contributed by atoms with Crippen molar-refractivity contribution >= 4 is 17.6 Å². The summed E-state index contributed by atoms with van der Waals surface area (Å²) < 4.78 is 5.35. The van der Waals surface area contributed by atoms with Crippen LogP contribution in [0.4, 0.5) is 10.5 Å². The smallest absolute Gasteiger partial charge is 0.324 e. The Morgan fingerprint density at radius 1 is 1.17 bits per heavy atom. The number of urea groups is 1. The van der Waals surface area contributed by atoms with E-state index in [0.717, 1.165) is 10.5 Å². The summed E-state index contributed by atoms with van der Waals surface area (Å²) in [7, 11) is 0. The summed E-state index contributed by atoms with van der Waals surface area (Å²) in [5.74, 6) is -0.170. The summed E-state index contributed by atoms with van der Waals surface area (Å²) in [6.07, 6.45) is -0.0216. The van der Waals surface area contributed by atoms with E-state index in [1.165, 1.54) is 24.3 Å². The number of nitrogens with zero attached hydrogens (tertiary/aromatic N) is 2. The molecule has 3 rings (SSSR count). The topological polar surface area (TPSA) is 122 Å². The number of benzene rings is 2. The fraction of sp³-hybridized carbons (Fsp3) is 0.300. The third-order valence-electron chi connectivity index (χ3n) is 4.54. The number of hydrogen-bond donors (Lipinski definition) is 2. The monoisotopic (exact) mass is 399 g/mol. The quantitative estimate of drug-likeness (QED) is 0.377. The molecular formula is C20H21N3O6. The molecule has 1 saturated heterocycles. The van der Waals surface area contributed by atoms with Crippen molar-refractivity contribution < 1.29 is 24.4 Å². The molecule has 1 aliphatic rings. The minimum Gasteiger partial charge on any atom is -0.491 e. The molecule has 9 nitrogen and oxygen atoms in total. The first-order valence-corrected chi connectivity index (χ1v) is 9.15. The number of imide groups is 1. The Kier molecular flexibility index (Phi) is 6.40. The summed E-state index contributed by atoms with van der Waals surface area (Å²) in [5, 5.41) is 23.6. The largest absolute Gasteiger partial charge is 0.491 e. The molecular weight excluding hydrogens is 378 g/mol. The molecule has 0 saturated carbocycles. The lowest BCUT2D eigenvalue weighted by Gasteiger charge is -2.18. The maximum Gasteiger partial charge on any atom is 0.324 e. The van der Waals surface area contributed by atoms with Crippen molar-refractivity contribution in [2.45, 2.75) is 25.0 Å². The zero-order valence-corrected chi connectivity index (χ0v) is 15.6. The first-order chi connectivity index (χ1) is 13.9. The second kappa shape index (κ2) is 9.16. The molecule has 0 spiro atoms. The number of ether oxygens (including phenoxy) is 1. The Labute approximate surface area is 167 Å². The van der Waals surface area contributed by atoms with Crippen molar-refractivity contribution in [2.75, 3.05) is 13.2 Å². The van der Waals surface area contributed by atoms with Gasteiger partial charge in [-0.1, -0.05) is 36.4 Å². The van der Waals surface area contributed by atoms with E-state index in [9.17, 15) is 24.8 Å². The summed E-state index contributed by atoms with van der Waals surface area (Å²) in [4.78, 5) is 35.8. The standard InChI is InChI=1S/C20H21N3O6/c24-16(13-29-17-8-4-7-15(11-17)23(27)28)12-22-19(25)18(21-20(22)26)10-9-14-5-2-1-3-6-14/h1-8,11,16,18,24H,9-10,12-13H2,(H,21,26). The summed E-state index contributed by atoms with van der Waals surface area (Å²) >= 11 is 0. The number of nitro benzene ring substituents is 1. The van der Waals surface area contributed by atoms with E-state index in [1.807, 2.05) is 30.3 Å². The van der Waals surface area contributed by atoms with Crippen molar-refractivity contribution in [3.8, 4) is 5.75 Å². The predicted octanol–water partition coefficient (Wildman–Crippen LogP) is 1.89. The van der Waals surface area contributed by atoms with E-state index in [2.05, 4.69) is 5.32 Å². The van der Waals surface area contributed by atoms with Gasteiger partial charge in [-0.15, -0.1) is 0 Å². The van der Waals surface area contributed by atoms with Gasteiger partial charge in [-0.2, -0.15) is 0 Å². The lowest BCUT2D eigenvalue weighted by Crippen LogP contribution is -2.40. The number of β-amino-alcohol motifs (C(OH)–C–C–N with tert-alkyl or cyclic N) is 1. The number of aliphatic hydroxyl groups excluding tert-OH is 1. The molecule has 9 heteroatoms. The number of hydrogen-bond acceptors (Lipinski definition) is 6. The highest BCUT2D eigenvalue weighted by Crippen LogP contribution is 2.19. The van der Waals surface area contributed by atoms with Crippen LogP contribution in [0.5, 0.6) is 5.75 Å². The molecule has 29 heavy (non-hydrogen) atoms. The number of amides is 3. The maximum atomic E-state index is 12.5. The van der Waals surface area contributed by atoms with Crippen LogP contribution >= 0.6 is 0 Å². The molecule has 2 aromatic rings. The van der Waals surface area contributed by atoms with E-state index < -0.39 is 23.1 Å². The fourth-order valence-electron chi connectivity index (χ4n) is 3.04. The zero-order chi connectivity index (χ0) is 20.8. The highest BCUT2D eigenvalue weighted by molar-refractivity contribution is 6.04. The van der Waals surface area contributed by atoms with Crippen LogP contribution in [0, 0.1) is 10.1 Å². The Bertz CT molecular complexity index is 889. The second-order valence-corrected chi connectivity index (χ2v) is 6.69. The minimum atomic E-state index is -1.13. The molecule has 3 amide bonds. The number of rotatable bonds is 9. The first-order valence-electron chi connectivity index (χ1n) is 9.15. The summed E-state index contributed by atoms with van der Waals surface area (Å²) in [6, 6.07) is 14.0. The average Bonchev–Trinajstić information content (AvgIpc) is 2.99. The molecule has 0 radical (unpaired) electrons. The number of carbonyl (C=O) groups excluding carboxylic acids is 2. The summed E-state index contributed by atoms with van der Waals surface area (Å²) in [5.41, 5.74) is 0.936. The molecule has 2 unspecified atom stereocenters. The van der Waals surface area contributed by atoms with Gasteiger partial charge in [0.15, 0.2) is 0 Å². The first kappa shape index (κ1) is 20.3. The van der Waals surface area contributed by atoms with Crippen molar-refractivity contribution in [1.29, 1.82) is 0 Å². The average molecular weight is 399 g/mol. The highest BCUT2D eigenvalue weighted by Gasteiger charge is 2.38. The maximum absolute atomic E-state index is 12.5. The van der Waals surface area contributed by atoms with Crippen molar-refractivity contribution in [2.24, 2.45) is 0 Å². The Morgan fingerprint density at radius 2 is 1.93 bits per heavy atom. The van der Waals surface area contributed by atoms with E-state index in [1.54, 1.807) is 0 Å². The van der Waals surface area contributed by atoms with Crippen LogP contribution in [0.2, 0.25) is 0 Å². The third-order valence-corrected chi connectivity index (χ3v) is 4.54. The van der Waals surface area contributed by atoms with Gasteiger partial charge in [0, 0.05) is 6.07 Å². The molecule has 0 aromatic heterocycles. The SMILES string of the molecule is O=C1NC(CCc2ccccc2)C(=O)N1CC(O)COc1cccc([N+](=O)[O-])c1. The van der Waals surface area contributed by atoms with Gasteiger partial charge in [-0.05, 0) is 24.5 Å². The van der Waals surface area contributed by atoms with Crippen LogP contribution < -0.4 is 10.1 Å². The van der Waals surface area contributed by atoms with Crippen LogP contribution in [0.25, 0.3) is 0 Å². The normalized spacial score (nSPS) is 17.1. The van der Waals surface area contributed by atoms with Crippen LogP contribution in [-0.4, -0.2) is 52.2 Å². The van der Waals surface area contributed by atoms with Gasteiger partial charge in [0.25, 0.3) is 11.6 Å². The highest BCUT2D eigenvalue weighted by atomic mass is 16.6. The number of aryl methyl sites for hydroxylation is 1. The number of aliphatic hydroxyl groups is 1. The van der Waals surface area contributed by atoms with E-state index >= 15 is 0 Å². The minimum absolute atomic E-state index is 0.132. The zero-order valence-electron chi connectivity index (χ0n) is 15.6. The molecule has 0 bridgehead atoms. The molecule has 2 N–H and O–H groups in total. The van der Waals surface area contributed by atoms with Crippen molar-refractivity contribution in [3.05, 3.63) is 70.3 Å². The van der Waals surface area contributed by atoms with E-state index in [4.69, 9.17) is 4.74 Å². The van der Waals surface area contributed by atoms with Gasteiger partial charge in [-0.3, -0.25) is 19.8 Å². The van der Waals surface area contributed by atoms with Gasteiger partial charge >= 0.3 is 6.03 Å². The van der Waals surface area contributed by atoms with Gasteiger partial charge in [-0.25, -0.2) is 4.79 Å². The third kappa shape index (κ3) is 5.29. The molecule has 1 aliphatic heterocycles. The Morgan fingerprint density at radius 3 is 2.66 bits per heavy atom. The molecule has 0 aliphatic carbocycles. The van der Waals surface area contributed by atoms with Crippen LogP contribution in [0.15, 0.2) is 54.6 Å². The molecule has 152 valence electrons. The Hall–Kier alpha value is -3.46. The van der Waals surface area contributed by atoms with Gasteiger partial charge in [0.1, 0.15) is 24.5 Å². The molecule has 2 aromatic carbocycles. The molecule has 1 heterocycles. The van der Waals surface area contributed by atoms with Gasteiger partial charge in [0.2, 0.25) is 0 Å². The fourth-order valence-corrected chi connectivity index (χ4v) is 3.04. The van der Waals surface area contributed by atoms with Gasteiger partial charge < -0.3 is 15.2 Å². The molecule has 2 atom stereocenters. The number of nitro groups is 1. The lowest BCUT2D eigenvalue weighted by atomic mass is 10.1. The lowest BCUT2D eigenvalue weighted by molar-refractivity contribution is -0.384. The number of carbonyl (C=O) groups is 2. The van der Waals surface area contributed by atoms with Crippen molar-refractivity contribution in [3.63, 3.8) is 0 Å². The van der Waals surface area contributed by atoms with E-state index in [0.29, 0.717) is 12.8 Å². The van der Waals surface area contributed by atoms with Crippen LogP contribution in [0.3, 0.4) is 0 Å². The van der Waals surface area contributed by atoms with Crippen molar-refractivity contribution in [1.82, 2.24) is 10.2 Å². The predicted molar refractivity (Wildman–Crippen MR) is 103 cm³/mol. The Balaban J connectivity index is 1.50. The number of non-ortho nitro benzene ring substituents is 1. The van der Waals surface area contributed by atoms with Gasteiger partial charge in [0.05, 0.1) is 17.5 Å².